The Morgan fingerprint density at radius 3 is 1.78 bits per heavy atom. The topological polar surface area (TPSA) is 63.6 Å². The molecule has 1 unspecified atom stereocenters. The van der Waals surface area contributed by atoms with E-state index >= 15 is 0 Å². The number of hydrogen-bond acceptors (Lipinski definition) is 4. The van der Waals surface area contributed by atoms with Crippen LogP contribution < -0.4 is 0 Å². The molecule has 1 aliphatic rings. The van der Waals surface area contributed by atoms with Crippen LogP contribution >= 0.6 is 0 Å². The summed E-state index contributed by atoms with van der Waals surface area (Å²) in [5.41, 5.74) is 2.71. The third-order valence-electron chi connectivity index (χ3n) is 6.97. The maximum atomic E-state index is 14.0. The van der Waals surface area contributed by atoms with E-state index in [1.165, 1.54) is 0 Å². The summed E-state index contributed by atoms with van der Waals surface area (Å²) in [7, 11) is 0. The average Bonchev–Trinajstić information content (AvgIpc) is 3.33. The predicted octanol–water partition coefficient (Wildman–Crippen LogP) is 6.25. The van der Waals surface area contributed by atoms with Crippen LogP contribution in [0.3, 0.4) is 0 Å². The van der Waals surface area contributed by atoms with Crippen LogP contribution in [0.5, 0.6) is 0 Å². The molecule has 5 rings (SSSR count). The normalized spacial score (nSPS) is 22.1. The molecular formula is C32H28O4. The number of ketones is 2. The van der Waals surface area contributed by atoms with Gasteiger partial charge in [0.15, 0.2) is 11.6 Å². The Balaban J connectivity index is 1.58. The number of rotatable bonds is 8. The van der Waals surface area contributed by atoms with Gasteiger partial charge in [-0.25, -0.2) is 0 Å². The van der Waals surface area contributed by atoms with Crippen LogP contribution in [0.25, 0.3) is 0 Å². The standard InChI is InChI=1S/C32H28O4/c33-27(22-13-5-1-6-14-22)21-26-28(29(34)23-15-7-2-8-16-23)32(30(35)24-17-9-3-10-18-24)36-31(26)25-19-11-4-12-20-25/h1-20,26,28,30-32,35H,21H2/t26-,28-,30?,31+,32+/m0/s1. The predicted molar refractivity (Wildman–Crippen MR) is 139 cm³/mol. The van der Waals surface area contributed by atoms with Gasteiger partial charge in [0.05, 0.1) is 18.1 Å². The molecule has 4 heteroatoms. The zero-order valence-corrected chi connectivity index (χ0v) is 19.8. The summed E-state index contributed by atoms with van der Waals surface area (Å²) in [4.78, 5) is 27.4. The highest BCUT2D eigenvalue weighted by Crippen LogP contribution is 2.49. The Labute approximate surface area is 211 Å². The summed E-state index contributed by atoms with van der Waals surface area (Å²) >= 11 is 0. The zero-order valence-electron chi connectivity index (χ0n) is 19.8. The molecule has 180 valence electrons. The SMILES string of the molecule is O=C(C[C@H]1[C@@H](C(=O)c2ccccc2)[C@H](C(O)c2ccccc2)O[C@@H]1c1ccccc1)c1ccccc1. The highest BCUT2D eigenvalue weighted by atomic mass is 16.5. The summed E-state index contributed by atoms with van der Waals surface area (Å²) < 4.78 is 6.55. The van der Waals surface area contributed by atoms with Crippen molar-refractivity contribution < 1.29 is 19.4 Å². The van der Waals surface area contributed by atoms with Crippen LogP contribution in [0, 0.1) is 11.8 Å². The molecule has 0 radical (unpaired) electrons. The van der Waals surface area contributed by atoms with E-state index in [-0.39, 0.29) is 18.0 Å². The first-order valence-corrected chi connectivity index (χ1v) is 12.2. The van der Waals surface area contributed by atoms with Crippen LogP contribution in [0.4, 0.5) is 0 Å². The van der Waals surface area contributed by atoms with Gasteiger partial charge in [-0.15, -0.1) is 0 Å². The lowest BCUT2D eigenvalue weighted by atomic mass is 9.75. The third kappa shape index (κ3) is 4.92. The Morgan fingerprint density at radius 1 is 0.694 bits per heavy atom. The summed E-state index contributed by atoms with van der Waals surface area (Å²) in [6.45, 7) is 0. The van der Waals surface area contributed by atoms with E-state index in [9.17, 15) is 14.7 Å². The highest BCUT2D eigenvalue weighted by molar-refractivity contribution is 6.00. The van der Waals surface area contributed by atoms with Crippen molar-refractivity contribution in [3.05, 3.63) is 144 Å². The van der Waals surface area contributed by atoms with Crippen LogP contribution in [-0.4, -0.2) is 22.8 Å². The van der Waals surface area contributed by atoms with Crippen LogP contribution in [0.1, 0.15) is 50.5 Å². The molecule has 1 N–H and O–H groups in total. The Bertz CT molecular complexity index is 1290. The number of aliphatic hydroxyl groups excluding tert-OH is 1. The van der Waals surface area contributed by atoms with Gasteiger partial charge in [-0.3, -0.25) is 9.59 Å². The molecule has 1 aliphatic heterocycles. The number of carbonyl (C=O) groups excluding carboxylic acids is 2. The summed E-state index contributed by atoms with van der Waals surface area (Å²) in [6.07, 6.45) is -2.21. The van der Waals surface area contributed by atoms with Gasteiger partial charge in [-0.1, -0.05) is 121 Å². The van der Waals surface area contributed by atoms with Gasteiger partial charge >= 0.3 is 0 Å². The molecule has 4 aromatic carbocycles. The molecule has 0 spiro atoms. The highest BCUT2D eigenvalue weighted by Gasteiger charge is 2.52. The van der Waals surface area contributed by atoms with Gasteiger partial charge < -0.3 is 9.84 Å². The van der Waals surface area contributed by atoms with E-state index in [4.69, 9.17) is 4.74 Å². The fourth-order valence-electron chi connectivity index (χ4n) is 5.19. The molecule has 0 saturated carbocycles. The van der Waals surface area contributed by atoms with Crippen molar-refractivity contribution >= 4 is 11.6 Å². The molecule has 0 aromatic heterocycles. The van der Waals surface area contributed by atoms with E-state index in [1.54, 1.807) is 24.3 Å². The molecule has 4 aromatic rings. The second-order valence-corrected chi connectivity index (χ2v) is 9.20. The number of aliphatic hydroxyl groups is 1. The number of carbonyl (C=O) groups is 2. The lowest BCUT2D eigenvalue weighted by Crippen LogP contribution is -2.34. The summed E-state index contributed by atoms with van der Waals surface area (Å²) in [6, 6.07) is 37.1. The lowest BCUT2D eigenvalue weighted by Gasteiger charge is -2.26. The quantitative estimate of drug-likeness (QED) is 0.305. The monoisotopic (exact) mass is 476 g/mol. The van der Waals surface area contributed by atoms with Crippen molar-refractivity contribution in [1.29, 1.82) is 0 Å². The van der Waals surface area contributed by atoms with Crippen LogP contribution in [0.2, 0.25) is 0 Å². The maximum absolute atomic E-state index is 14.0. The van der Waals surface area contributed by atoms with Gasteiger partial charge in [0, 0.05) is 23.5 Å². The molecule has 0 amide bonds. The minimum Gasteiger partial charge on any atom is -0.386 e. The van der Waals surface area contributed by atoms with E-state index in [0.29, 0.717) is 16.7 Å². The van der Waals surface area contributed by atoms with Gasteiger partial charge in [-0.05, 0) is 11.1 Å². The maximum Gasteiger partial charge on any atom is 0.169 e. The molecule has 0 aliphatic carbocycles. The van der Waals surface area contributed by atoms with E-state index in [1.807, 2.05) is 97.1 Å². The molecule has 36 heavy (non-hydrogen) atoms. The molecule has 5 atom stereocenters. The molecule has 0 bridgehead atoms. The van der Waals surface area contributed by atoms with Crippen molar-refractivity contribution in [1.82, 2.24) is 0 Å². The number of benzene rings is 4. The minimum absolute atomic E-state index is 0.0501. The van der Waals surface area contributed by atoms with E-state index < -0.39 is 30.1 Å². The second-order valence-electron chi connectivity index (χ2n) is 9.20. The smallest absolute Gasteiger partial charge is 0.169 e. The molecule has 4 nitrogen and oxygen atoms in total. The first kappa shape index (κ1) is 23.9. The van der Waals surface area contributed by atoms with Crippen molar-refractivity contribution in [2.45, 2.75) is 24.7 Å². The van der Waals surface area contributed by atoms with Crippen LogP contribution in [-0.2, 0) is 4.74 Å². The second kappa shape index (κ2) is 10.8. The number of ether oxygens (including phenoxy) is 1. The third-order valence-corrected chi connectivity index (χ3v) is 6.97. The minimum atomic E-state index is -1.02. The first-order chi connectivity index (χ1) is 17.6. The van der Waals surface area contributed by atoms with Crippen molar-refractivity contribution in [3.8, 4) is 0 Å². The Hall–Kier alpha value is -3.86. The average molecular weight is 477 g/mol. The van der Waals surface area contributed by atoms with Crippen molar-refractivity contribution in [3.63, 3.8) is 0 Å². The lowest BCUT2D eigenvalue weighted by molar-refractivity contribution is -0.0476. The molecule has 1 heterocycles. The van der Waals surface area contributed by atoms with Gasteiger partial charge in [0.25, 0.3) is 0 Å². The van der Waals surface area contributed by atoms with Crippen molar-refractivity contribution in [2.24, 2.45) is 11.8 Å². The number of Topliss-reactive ketones (excluding diaryl/α,β-unsaturated/α-hetero) is 2. The molecular weight excluding hydrogens is 448 g/mol. The summed E-state index contributed by atoms with van der Waals surface area (Å²) in [5, 5.41) is 11.5. The molecule has 1 fully saturated rings. The Kier molecular flexibility index (Phi) is 7.17. The fraction of sp³-hybridized carbons (Fsp3) is 0.188. The number of hydrogen-bond donors (Lipinski definition) is 1. The Morgan fingerprint density at radius 2 is 1.19 bits per heavy atom. The molecule has 1 saturated heterocycles. The van der Waals surface area contributed by atoms with Crippen LogP contribution in [0.15, 0.2) is 121 Å². The van der Waals surface area contributed by atoms with E-state index in [0.717, 1.165) is 5.56 Å². The summed E-state index contributed by atoms with van der Waals surface area (Å²) in [5.74, 6) is -1.33. The van der Waals surface area contributed by atoms with Gasteiger partial charge in [0.2, 0.25) is 0 Å². The van der Waals surface area contributed by atoms with Gasteiger partial charge in [-0.2, -0.15) is 0 Å². The van der Waals surface area contributed by atoms with Crippen molar-refractivity contribution in [2.75, 3.05) is 0 Å². The van der Waals surface area contributed by atoms with Gasteiger partial charge in [0.1, 0.15) is 6.10 Å². The first-order valence-electron chi connectivity index (χ1n) is 12.2. The largest absolute Gasteiger partial charge is 0.386 e. The van der Waals surface area contributed by atoms with E-state index in [2.05, 4.69) is 0 Å². The zero-order chi connectivity index (χ0) is 24.9. The fourth-order valence-corrected chi connectivity index (χ4v) is 5.19.